The predicted molar refractivity (Wildman–Crippen MR) is 57.1 cm³/mol. The Kier molecular flexibility index (Phi) is 3.94. The van der Waals surface area contributed by atoms with Crippen LogP contribution >= 0.6 is 0 Å². The fourth-order valence-corrected chi connectivity index (χ4v) is 1.40. The first-order chi connectivity index (χ1) is 6.99. The van der Waals surface area contributed by atoms with Gasteiger partial charge in [0.25, 0.3) is 0 Å². The van der Waals surface area contributed by atoms with Gasteiger partial charge in [-0.25, -0.2) is 4.79 Å². The number of rotatable bonds is 5. The number of carbonyl (C=O) groups excluding carboxylic acids is 2. The second kappa shape index (κ2) is 5.00. The first-order valence-corrected chi connectivity index (χ1v) is 5.35. The third kappa shape index (κ3) is 4.67. The van der Waals surface area contributed by atoms with Crippen LogP contribution in [-0.2, 0) is 4.79 Å². The number of carbonyl (C=O) groups is 2. The van der Waals surface area contributed by atoms with Crippen molar-refractivity contribution in [2.45, 2.75) is 45.2 Å². The highest BCUT2D eigenvalue weighted by atomic mass is 16.2. The third-order valence-electron chi connectivity index (χ3n) is 2.26. The van der Waals surface area contributed by atoms with E-state index in [1.165, 1.54) is 0 Å². The molecule has 15 heavy (non-hydrogen) atoms. The Morgan fingerprint density at radius 3 is 2.40 bits per heavy atom. The van der Waals surface area contributed by atoms with Crippen molar-refractivity contribution in [3.63, 3.8) is 0 Å². The van der Waals surface area contributed by atoms with Gasteiger partial charge >= 0.3 is 6.03 Å². The van der Waals surface area contributed by atoms with E-state index < -0.39 is 12.1 Å². The largest absolute Gasteiger partial charge is 0.352 e. The van der Waals surface area contributed by atoms with Crippen LogP contribution < -0.4 is 16.4 Å². The molecule has 5 nitrogen and oxygen atoms in total. The van der Waals surface area contributed by atoms with E-state index in [9.17, 15) is 9.59 Å². The normalized spacial score (nSPS) is 17.3. The molecule has 86 valence electrons. The monoisotopic (exact) mass is 213 g/mol. The molecular weight excluding hydrogens is 194 g/mol. The van der Waals surface area contributed by atoms with Crippen molar-refractivity contribution in [2.75, 3.05) is 0 Å². The zero-order valence-electron chi connectivity index (χ0n) is 9.25. The van der Waals surface area contributed by atoms with Crippen LogP contribution in [-0.4, -0.2) is 24.0 Å². The van der Waals surface area contributed by atoms with E-state index in [0.717, 1.165) is 12.8 Å². The van der Waals surface area contributed by atoms with Gasteiger partial charge in [0.15, 0.2) is 0 Å². The smallest absolute Gasteiger partial charge is 0.312 e. The summed E-state index contributed by atoms with van der Waals surface area (Å²) in [6.07, 6.45) is 2.69. The van der Waals surface area contributed by atoms with Gasteiger partial charge in [0.1, 0.15) is 6.04 Å². The molecule has 1 aliphatic rings. The second-order valence-electron chi connectivity index (χ2n) is 4.47. The molecule has 1 fully saturated rings. The first kappa shape index (κ1) is 11.8. The zero-order valence-corrected chi connectivity index (χ0v) is 9.25. The summed E-state index contributed by atoms with van der Waals surface area (Å²) in [5.74, 6) is 0.219. The van der Waals surface area contributed by atoms with Crippen molar-refractivity contribution in [2.24, 2.45) is 11.7 Å². The Morgan fingerprint density at radius 1 is 1.40 bits per heavy atom. The van der Waals surface area contributed by atoms with Gasteiger partial charge in [-0.15, -0.1) is 0 Å². The molecule has 0 aliphatic heterocycles. The number of hydrogen-bond acceptors (Lipinski definition) is 2. The minimum atomic E-state index is -0.647. The Labute approximate surface area is 89.8 Å². The average molecular weight is 213 g/mol. The van der Waals surface area contributed by atoms with Crippen molar-refractivity contribution in [1.29, 1.82) is 0 Å². The summed E-state index contributed by atoms with van der Waals surface area (Å²) >= 11 is 0. The third-order valence-corrected chi connectivity index (χ3v) is 2.26. The summed E-state index contributed by atoms with van der Waals surface area (Å²) in [5.41, 5.74) is 5.02. The van der Waals surface area contributed by atoms with Crippen molar-refractivity contribution in [3.05, 3.63) is 0 Å². The summed E-state index contributed by atoms with van der Waals surface area (Å²) < 4.78 is 0. The van der Waals surface area contributed by atoms with Gasteiger partial charge in [-0.1, -0.05) is 13.8 Å². The summed E-state index contributed by atoms with van der Waals surface area (Å²) in [5, 5.41) is 5.33. The fraction of sp³-hybridized carbons (Fsp3) is 0.800. The van der Waals surface area contributed by atoms with E-state index in [0.29, 0.717) is 18.4 Å². The molecular formula is C10H19N3O2. The molecule has 1 unspecified atom stereocenters. The van der Waals surface area contributed by atoms with Gasteiger partial charge in [-0.2, -0.15) is 0 Å². The maximum absolute atomic E-state index is 11.7. The second-order valence-corrected chi connectivity index (χ2v) is 4.47. The number of primary amides is 1. The molecule has 1 rings (SSSR count). The standard InChI is InChI=1S/C10H19N3O2/c1-6(2)5-8(13-10(11)15)9(14)12-7-3-4-7/h6-8H,3-5H2,1-2H3,(H,12,14)(H3,11,13,15). The lowest BCUT2D eigenvalue weighted by atomic mass is 10.0. The molecule has 0 heterocycles. The highest BCUT2D eigenvalue weighted by Gasteiger charge is 2.28. The summed E-state index contributed by atoms with van der Waals surface area (Å²) in [6, 6.07) is -0.837. The number of nitrogens with one attached hydrogen (secondary N) is 2. The van der Waals surface area contributed by atoms with Gasteiger partial charge in [0.2, 0.25) is 5.91 Å². The lowest BCUT2D eigenvalue weighted by Crippen LogP contribution is -2.49. The fourth-order valence-electron chi connectivity index (χ4n) is 1.40. The lowest BCUT2D eigenvalue weighted by molar-refractivity contribution is -0.123. The topological polar surface area (TPSA) is 84.2 Å². The van der Waals surface area contributed by atoms with E-state index in [4.69, 9.17) is 5.73 Å². The van der Waals surface area contributed by atoms with Crippen molar-refractivity contribution < 1.29 is 9.59 Å². The molecule has 0 aromatic rings. The molecule has 1 aliphatic carbocycles. The molecule has 3 amide bonds. The van der Waals surface area contributed by atoms with E-state index in [1.54, 1.807) is 0 Å². The maximum Gasteiger partial charge on any atom is 0.312 e. The van der Waals surface area contributed by atoms with Crippen molar-refractivity contribution in [3.8, 4) is 0 Å². The highest BCUT2D eigenvalue weighted by molar-refractivity contribution is 5.86. The molecule has 5 heteroatoms. The Balaban J connectivity index is 2.44. The van der Waals surface area contributed by atoms with Crippen LogP contribution in [0.5, 0.6) is 0 Å². The van der Waals surface area contributed by atoms with E-state index in [2.05, 4.69) is 10.6 Å². The molecule has 4 N–H and O–H groups in total. The summed E-state index contributed by atoms with van der Waals surface area (Å²) in [7, 11) is 0. The minimum absolute atomic E-state index is 0.120. The Bertz CT molecular complexity index is 249. The Hall–Kier alpha value is -1.26. The zero-order chi connectivity index (χ0) is 11.4. The SMILES string of the molecule is CC(C)CC(NC(N)=O)C(=O)NC1CC1. The van der Waals surface area contributed by atoms with Crippen LogP contribution in [0.3, 0.4) is 0 Å². The van der Waals surface area contributed by atoms with Gasteiger partial charge in [0.05, 0.1) is 0 Å². The minimum Gasteiger partial charge on any atom is -0.352 e. The summed E-state index contributed by atoms with van der Waals surface area (Å²) in [4.78, 5) is 22.4. The average Bonchev–Trinajstić information content (AvgIpc) is 2.85. The van der Waals surface area contributed by atoms with Crippen molar-refractivity contribution >= 4 is 11.9 Å². The van der Waals surface area contributed by atoms with Gasteiger partial charge in [-0.05, 0) is 25.2 Å². The number of amides is 3. The highest BCUT2D eigenvalue weighted by Crippen LogP contribution is 2.19. The van der Waals surface area contributed by atoms with Crippen LogP contribution in [0.15, 0.2) is 0 Å². The molecule has 0 spiro atoms. The number of hydrogen-bond donors (Lipinski definition) is 3. The Morgan fingerprint density at radius 2 is 2.00 bits per heavy atom. The quantitative estimate of drug-likeness (QED) is 0.615. The van der Waals surface area contributed by atoms with Gasteiger partial charge < -0.3 is 16.4 Å². The number of nitrogens with two attached hydrogens (primary N) is 1. The van der Waals surface area contributed by atoms with E-state index in [-0.39, 0.29) is 5.91 Å². The molecule has 0 aromatic heterocycles. The molecule has 1 atom stereocenters. The molecule has 0 saturated heterocycles. The first-order valence-electron chi connectivity index (χ1n) is 5.35. The predicted octanol–water partition coefficient (Wildman–Crippen LogP) is 0.348. The van der Waals surface area contributed by atoms with Crippen LogP contribution in [0.1, 0.15) is 33.1 Å². The van der Waals surface area contributed by atoms with Gasteiger partial charge in [0, 0.05) is 6.04 Å². The number of urea groups is 1. The van der Waals surface area contributed by atoms with Crippen molar-refractivity contribution in [1.82, 2.24) is 10.6 Å². The molecule has 0 radical (unpaired) electrons. The molecule has 1 saturated carbocycles. The van der Waals surface area contributed by atoms with Gasteiger partial charge in [-0.3, -0.25) is 4.79 Å². The lowest BCUT2D eigenvalue weighted by Gasteiger charge is -2.18. The van der Waals surface area contributed by atoms with Crippen LogP contribution in [0.2, 0.25) is 0 Å². The van der Waals surface area contributed by atoms with Crippen LogP contribution in [0.25, 0.3) is 0 Å². The molecule has 0 bridgehead atoms. The van der Waals surface area contributed by atoms with E-state index in [1.807, 2.05) is 13.8 Å². The summed E-state index contributed by atoms with van der Waals surface area (Å²) in [6.45, 7) is 4.00. The van der Waals surface area contributed by atoms with E-state index >= 15 is 0 Å². The maximum atomic E-state index is 11.7. The van der Waals surface area contributed by atoms with Crippen LogP contribution in [0.4, 0.5) is 4.79 Å². The molecule has 0 aromatic carbocycles. The van der Waals surface area contributed by atoms with Crippen LogP contribution in [0, 0.1) is 5.92 Å².